The lowest BCUT2D eigenvalue weighted by atomic mass is 9.45. The number of carbonyl (C=O) groups is 1. The van der Waals surface area contributed by atoms with Crippen LogP contribution in [-0.2, 0) is 4.79 Å². The molecular weight excluding hydrogens is 272 g/mol. The van der Waals surface area contributed by atoms with Crippen molar-refractivity contribution in [1.82, 2.24) is 0 Å². The molecule has 2 nitrogen and oxygen atoms in total. The van der Waals surface area contributed by atoms with Gasteiger partial charge in [-0.3, -0.25) is 4.79 Å². The van der Waals surface area contributed by atoms with Gasteiger partial charge in [0.25, 0.3) is 0 Å². The zero-order valence-corrected chi connectivity index (χ0v) is 14.3. The molecule has 0 aromatic heterocycles. The molecule has 4 aliphatic carbocycles. The zero-order chi connectivity index (χ0) is 15.8. The average molecular weight is 302 g/mol. The highest BCUT2D eigenvalue weighted by atomic mass is 16.3. The van der Waals surface area contributed by atoms with Crippen LogP contribution in [0.1, 0.15) is 65.7 Å². The van der Waals surface area contributed by atoms with Crippen molar-refractivity contribution in [3.63, 3.8) is 0 Å². The van der Waals surface area contributed by atoms with Crippen molar-refractivity contribution in [3.05, 3.63) is 12.2 Å². The van der Waals surface area contributed by atoms with E-state index in [1.165, 1.54) is 25.7 Å². The van der Waals surface area contributed by atoms with E-state index in [9.17, 15) is 9.90 Å². The molecule has 0 aliphatic heterocycles. The molecule has 0 bridgehead atoms. The maximum absolute atomic E-state index is 11.8. The molecule has 0 aromatic rings. The van der Waals surface area contributed by atoms with Gasteiger partial charge in [0.1, 0.15) is 0 Å². The Bertz CT molecular complexity index is 534. The van der Waals surface area contributed by atoms with Crippen molar-refractivity contribution >= 4 is 5.78 Å². The molecule has 0 heterocycles. The van der Waals surface area contributed by atoms with Crippen LogP contribution >= 0.6 is 0 Å². The van der Waals surface area contributed by atoms with Crippen molar-refractivity contribution in [3.8, 4) is 0 Å². The largest absolute Gasteiger partial charge is 0.390 e. The molecule has 0 unspecified atom stereocenters. The summed E-state index contributed by atoms with van der Waals surface area (Å²) in [6, 6.07) is 0. The number of fused-ring (bicyclic) bond motifs is 5. The SMILES string of the molecule is C[C@]12C=CC(=O)C[C@@H]1CC[C@@H]1[C@H]2CC[C@]2(C)[C@@H]1CC[C@]2(C)O. The van der Waals surface area contributed by atoms with Gasteiger partial charge in [0.2, 0.25) is 0 Å². The smallest absolute Gasteiger partial charge is 0.155 e. The van der Waals surface area contributed by atoms with Gasteiger partial charge in [0, 0.05) is 6.42 Å². The van der Waals surface area contributed by atoms with E-state index in [0.29, 0.717) is 23.5 Å². The lowest BCUT2D eigenvalue weighted by Crippen LogP contribution is -2.55. The predicted molar refractivity (Wildman–Crippen MR) is 87.3 cm³/mol. The van der Waals surface area contributed by atoms with Crippen molar-refractivity contribution in [2.45, 2.75) is 71.3 Å². The Morgan fingerprint density at radius 2 is 1.77 bits per heavy atom. The van der Waals surface area contributed by atoms with Gasteiger partial charge in [-0.05, 0) is 86.0 Å². The monoisotopic (exact) mass is 302 g/mol. The maximum Gasteiger partial charge on any atom is 0.155 e. The summed E-state index contributed by atoms with van der Waals surface area (Å²) in [5.74, 6) is 3.00. The summed E-state index contributed by atoms with van der Waals surface area (Å²) in [6.07, 6.45) is 11.9. The van der Waals surface area contributed by atoms with Gasteiger partial charge in [-0.25, -0.2) is 0 Å². The summed E-state index contributed by atoms with van der Waals surface area (Å²) in [5.41, 5.74) is -0.170. The minimum absolute atomic E-state index is 0.103. The summed E-state index contributed by atoms with van der Waals surface area (Å²) in [4.78, 5) is 11.8. The van der Waals surface area contributed by atoms with Gasteiger partial charge < -0.3 is 5.11 Å². The van der Waals surface area contributed by atoms with Gasteiger partial charge in [0.15, 0.2) is 5.78 Å². The summed E-state index contributed by atoms with van der Waals surface area (Å²) in [7, 11) is 0. The van der Waals surface area contributed by atoms with Crippen LogP contribution in [0.25, 0.3) is 0 Å². The van der Waals surface area contributed by atoms with Crippen LogP contribution in [0.5, 0.6) is 0 Å². The van der Waals surface area contributed by atoms with Gasteiger partial charge in [-0.1, -0.05) is 19.9 Å². The Hall–Kier alpha value is -0.630. The Labute approximate surface area is 134 Å². The third-order valence-corrected chi connectivity index (χ3v) is 8.60. The van der Waals surface area contributed by atoms with Gasteiger partial charge in [-0.2, -0.15) is 0 Å². The Morgan fingerprint density at radius 1 is 1.05 bits per heavy atom. The highest BCUT2D eigenvalue weighted by molar-refractivity contribution is 5.91. The van der Waals surface area contributed by atoms with E-state index in [2.05, 4.69) is 26.8 Å². The number of hydrogen-bond donors (Lipinski definition) is 1. The first-order valence-electron chi connectivity index (χ1n) is 9.22. The minimum Gasteiger partial charge on any atom is -0.390 e. The van der Waals surface area contributed by atoms with Gasteiger partial charge in [-0.15, -0.1) is 0 Å². The number of allylic oxidation sites excluding steroid dienone is 2. The Morgan fingerprint density at radius 3 is 2.55 bits per heavy atom. The Kier molecular flexibility index (Phi) is 3.03. The van der Waals surface area contributed by atoms with Gasteiger partial charge in [0.05, 0.1) is 5.60 Å². The number of ketones is 1. The summed E-state index contributed by atoms with van der Waals surface area (Å²) in [5, 5.41) is 10.9. The first-order chi connectivity index (χ1) is 10.3. The summed E-state index contributed by atoms with van der Waals surface area (Å²) in [6.45, 7) is 6.82. The average Bonchev–Trinajstić information content (AvgIpc) is 2.70. The fourth-order valence-corrected chi connectivity index (χ4v) is 6.88. The third-order valence-electron chi connectivity index (χ3n) is 8.60. The molecule has 4 rings (SSSR count). The second-order valence-electron chi connectivity index (χ2n) is 9.29. The van der Waals surface area contributed by atoms with Gasteiger partial charge >= 0.3 is 0 Å². The van der Waals surface area contributed by atoms with Crippen LogP contribution in [0.3, 0.4) is 0 Å². The molecule has 22 heavy (non-hydrogen) atoms. The molecule has 2 heteroatoms. The molecule has 0 amide bonds. The fourth-order valence-electron chi connectivity index (χ4n) is 6.88. The van der Waals surface area contributed by atoms with Crippen molar-refractivity contribution in [1.29, 1.82) is 0 Å². The lowest BCUT2D eigenvalue weighted by Gasteiger charge is -2.59. The summed E-state index contributed by atoms with van der Waals surface area (Å²) < 4.78 is 0. The molecule has 122 valence electrons. The molecule has 0 spiro atoms. The van der Waals surface area contributed by atoms with Crippen molar-refractivity contribution < 1.29 is 9.90 Å². The maximum atomic E-state index is 11.8. The predicted octanol–water partition coefficient (Wildman–Crippen LogP) is 4.13. The Balaban J connectivity index is 1.69. The molecule has 7 atom stereocenters. The van der Waals surface area contributed by atoms with E-state index in [1.807, 2.05) is 6.08 Å². The second kappa shape index (κ2) is 4.47. The lowest BCUT2D eigenvalue weighted by molar-refractivity contribution is -0.135. The number of aliphatic hydroxyl groups is 1. The minimum atomic E-state index is -0.487. The molecule has 3 fully saturated rings. The highest BCUT2D eigenvalue weighted by Crippen LogP contribution is 2.67. The van der Waals surface area contributed by atoms with Crippen LogP contribution in [0.4, 0.5) is 0 Å². The summed E-state index contributed by atoms with van der Waals surface area (Å²) >= 11 is 0. The topological polar surface area (TPSA) is 37.3 Å². The molecule has 0 aromatic carbocycles. The molecule has 4 aliphatic rings. The van der Waals surface area contributed by atoms with E-state index in [1.54, 1.807) is 0 Å². The molecule has 0 saturated heterocycles. The normalized spacial score (nSPS) is 57.2. The molecule has 3 saturated carbocycles. The van der Waals surface area contributed by atoms with E-state index in [0.717, 1.165) is 25.2 Å². The molecule has 1 N–H and O–H groups in total. The van der Waals surface area contributed by atoms with Crippen LogP contribution < -0.4 is 0 Å². The number of carbonyl (C=O) groups excluding carboxylic acids is 1. The number of hydrogen-bond acceptors (Lipinski definition) is 2. The van der Waals surface area contributed by atoms with Crippen molar-refractivity contribution in [2.75, 3.05) is 0 Å². The molecule has 0 radical (unpaired) electrons. The van der Waals surface area contributed by atoms with Crippen molar-refractivity contribution in [2.24, 2.45) is 34.5 Å². The first kappa shape index (κ1) is 14.9. The van der Waals surface area contributed by atoms with E-state index >= 15 is 0 Å². The van der Waals surface area contributed by atoms with Crippen LogP contribution in [0.2, 0.25) is 0 Å². The first-order valence-corrected chi connectivity index (χ1v) is 9.22. The second-order valence-corrected chi connectivity index (χ2v) is 9.29. The van der Waals surface area contributed by atoms with Crippen LogP contribution in [0.15, 0.2) is 12.2 Å². The van der Waals surface area contributed by atoms with E-state index < -0.39 is 5.60 Å². The highest BCUT2D eigenvalue weighted by Gasteiger charge is 2.62. The van der Waals surface area contributed by atoms with Crippen LogP contribution in [-0.4, -0.2) is 16.5 Å². The third kappa shape index (κ3) is 1.74. The number of rotatable bonds is 0. The standard InChI is InChI=1S/C20H30O2/c1-18-9-6-14(21)12-13(18)4-5-15-16(18)7-10-19(2)17(15)8-11-20(19,3)22/h6,9,13,15-17,22H,4-5,7-8,10-12H2,1-3H3/t13-,15+,16+,17+,18-,19+,20-/m0/s1. The van der Waals surface area contributed by atoms with E-state index in [-0.39, 0.29) is 10.8 Å². The van der Waals surface area contributed by atoms with E-state index in [4.69, 9.17) is 0 Å². The van der Waals surface area contributed by atoms with Crippen LogP contribution in [0, 0.1) is 34.5 Å². The molecular formula is C20H30O2. The zero-order valence-electron chi connectivity index (χ0n) is 14.3. The quantitative estimate of drug-likeness (QED) is 0.730. The fraction of sp³-hybridized carbons (Fsp3) is 0.850.